The van der Waals surface area contributed by atoms with Crippen molar-refractivity contribution in [3.05, 3.63) is 0 Å². The number of carboxylic acids is 1. The van der Waals surface area contributed by atoms with E-state index in [1.54, 1.807) is 0 Å². The highest BCUT2D eigenvalue weighted by Gasteiger charge is 2.38. The van der Waals surface area contributed by atoms with Gasteiger partial charge in [0, 0.05) is 13.0 Å². The smallest absolute Gasteiger partial charge is 0.326 e. The Morgan fingerprint density at radius 2 is 1.65 bits per heavy atom. The minimum absolute atomic E-state index is 0.0412. The summed E-state index contributed by atoms with van der Waals surface area (Å²) in [7, 11) is 0. The average Bonchev–Trinajstić information content (AvgIpc) is 3.25. The summed E-state index contributed by atoms with van der Waals surface area (Å²) in [6.45, 7) is 0.640. The standard InChI is InChI=1S/C20H35N7O7/c21-8-2-1-4-12(17(30)26-13(20(33)34)10-16(24)29)25-18(31)14-5-3-9-27(14)19(32)11(22)6-7-15(23)28/h11-14H,1-10,21-22H2,(H2,23,28)(H2,24,29)(H,25,31)(H,26,30)(H,33,34). The second kappa shape index (κ2) is 14.1. The lowest BCUT2D eigenvalue weighted by atomic mass is 10.1. The first-order valence-corrected chi connectivity index (χ1v) is 11.1. The lowest BCUT2D eigenvalue weighted by Crippen LogP contribution is -2.56. The van der Waals surface area contributed by atoms with E-state index in [0.29, 0.717) is 32.2 Å². The summed E-state index contributed by atoms with van der Waals surface area (Å²) < 4.78 is 0. The second-order valence-corrected chi connectivity index (χ2v) is 8.22. The quantitative estimate of drug-likeness (QED) is 0.114. The molecule has 1 saturated heterocycles. The van der Waals surface area contributed by atoms with E-state index in [4.69, 9.17) is 22.9 Å². The van der Waals surface area contributed by atoms with Crippen LogP contribution in [0.2, 0.25) is 0 Å². The molecule has 14 nitrogen and oxygen atoms in total. The zero-order valence-electron chi connectivity index (χ0n) is 19.0. The molecule has 1 heterocycles. The molecule has 1 aliphatic rings. The number of amides is 5. The molecular formula is C20H35N7O7. The maximum Gasteiger partial charge on any atom is 0.326 e. The van der Waals surface area contributed by atoms with Crippen molar-refractivity contribution in [3.8, 4) is 0 Å². The molecule has 4 unspecified atom stereocenters. The zero-order valence-corrected chi connectivity index (χ0v) is 19.0. The van der Waals surface area contributed by atoms with Crippen molar-refractivity contribution in [2.75, 3.05) is 13.1 Å². The molecule has 0 radical (unpaired) electrons. The van der Waals surface area contributed by atoms with E-state index < -0.39 is 66.1 Å². The molecule has 0 aromatic rings. The fraction of sp³-hybridized carbons (Fsp3) is 0.700. The number of hydrogen-bond donors (Lipinski definition) is 7. The van der Waals surface area contributed by atoms with Gasteiger partial charge in [0.1, 0.15) is 18.1 Å². The Kier molecular flexibility index (Phi) is 11.9. The van der Waals surface area contributed by atoms with Gasteiger partial charge in [-0.1, -0.05) is 0 Å². The van der Waals surface area contributed by atoms with Gasteiger partial charge in [-0.15, -0.1) is 0 Å². The lowest BCUT2D eigenvalue weighted by molar-refractivity contribution is -0.144. The van der Waals surface area contributed by atoms with Crippen LogP contribution in [0.25, 0.3) is 0 Å². The number of nitrogens with zero attached hydrogens (tertiary/aromatic N) is 1. The minimum Gasteiger partial charge on any atom is -0.480 e. The first kappa shape index (κ1) is 28.8. The number of carbonyl (C=O) groups is 6. The molecular weight excluding hydrogens is 450 g/mol. The summed E-state index contributed by atoms with van der Waals surface area (Å²) in [5, 5.41) is 14.0. The SMILES string of the molecule is NCCCCC(NC(=O)C1CCCN1C(=O)C(N)CCC(N)=O)C(=O)NC(CC(N)=O)C(=O)O. The molecule has 34 heavy (non-hydrogen) atoms. The van der Waals surface area contributed by atoms with E-state index in [0.717, 1.165) is 0 Å². The van der Waals surface area contributed by atoms with Crippen molar-refractivity contribution in [1.29, 1.82) is 0 Å². The third-order valence-electron chi connectivity index (χ3n) is 5.46. The predicted molar refractivity (Wildman–Crippen MR) is 119 cm³/mol. The number of hydrogen-bond acceptors (Lipinski definition) is 8. The molecule has 0 spiro atoms. The molecule has 0 aromatic carbocycles. The minimum atomic E-state index is -1.55. The first-order chi connectivity index (χ1) is 16.0. The Balaban J connectivity index is 2.90. The van der Waals surface area contributed by atoms with Crippen LogP contribution in [0.15, 0.2) is 0 Å². The van der Waals surface area contributed by atoms with E-state index in [1.165, 1.54) is 4.90 Å². The molecule has 14 heteroatoms. The molecule has 0 bridgehead atoms. The monoisotopic (exact) mass is 485 g/mol. The number of aliphatic carboxylic acids is 1. The highest BCUT2D eigenvalue weighted by Crippen LogP contribution is 2.19. The summed E-state index contributed by atoms with van der Waals surface area (Å²) >= 11 is 0. The first-order valence-electron chi connectivity index (χ1n) is 11.1. The van der Waals surface area contributed by atoms with Gasteiger partial charge in [0.05, 0.1) is 12.5 Å². The Hall–Kier alpha value is -3.26. The molecule has 1 rings (SSSR count). The van der Waals surface area contributed by atoms with E-state index in [1.807, 2.05) is 0 Å². The molecule has 1 aliphatic heterocycles. The van der Waals surface area contributed by atoms with Gasteiger partial charge in [0.2, 0.25) is 29.5 Å². The Morgan fingerprint density at radius 3 is 2.21 bits per heavy atom. The summed E-state index contributed by atoms with van der Waals surface area (Å²) in [4.78, 5) is 73.1. The third-order valence-corrected chi connectivity index (χ3v) is 5.46. The van der Waals surface area contributed by atoms with E-state index in [2.05, 4.69) is 10.6 Å². The number of nitrogens with two attached hydrogens (primary N) is 4. The van der Waals surface area contributed by atoms with Gasteiger partial charge >= 0.3 is 5.97 Å². The Morgan fingerprint density at radius 1 is 0.971 bits per heavy atom. The maximum absolute atomic E-state index is 13.0. The highest BCUT2D eigenvalue weighted by atomic mass is 16.4. The number of carboxylic acid groups (broad SMARTS) is 1. The summed E-state index contributed by atoms with van der Waals surface area (Å²) in [6.07, 6.45) is 1.43. The highest BCUT2D eigenvalue weighted by molar-refractivity contribution is 5.95. The Labute approximate surface area is 197 Å². The molecule has 1 fully saturated rings. The van der Waals surface area contributed by atoms with Gasteiger partial charge in [-0.25, -0.2) is 4.79 Å². The fourth-order valence-corrected chi connectivity index (χ4v) is 3.64. The van der Waals surface area contributed by atoms with Crippen molar-refractivity contribution in [2.24, 2.45) is 22.9 Å². The third kappa shape index (κ3) is 9.31. The maximum atomic E-state index is 13.0. The number of nitrogens with one attached hydrogen (secondary N) is 2. The van der Waals surface area contributed by atoms with Crippen molar-refractivity contribution >= 4 is 35.5 Å². The van der Waals surface area contributed by atoms with Gasteiger partial charge < -0.3 is 43.6 Å². The van der Waals surface area contributed by atoms with Gasteiger partial charge in [-0.05, 0) is 45.1 Å². The number of carbonyl (C=O) groups excluding carboxylic acids is 5. The van der Waals surface area contributed by atoms with E-state index in [9.17, 15) is 33.9 Å². The van der Waals surface area contributed by atoms with Gasteiger partial charge in [-0.3, -0.25) is 24.0 Å². The zero-order chi connectivity index (χ0) is 25.8. The van der Waals surface area contributed by atoms with Crippen LogP contribution < -0.4 is 33.6 Å². The molecule has 0 aliphatic carbocycles. The fourth-order valence-electron chi connectivity index (χ4n) is 3.64. The average molecular weight is 486 g/mol. The van der Waals surface area contributed by atoms with Crippen LogP contribution in [0.4, 0.5) is 0 Å². The lowest BCUT2D eigenvalue weighted by Gasteiger charge is -2.28. The van der Waals surface area contributed by atoms with Gasteiger partial charge in [-0.2, -0.15) is 0 Å². The summed E-state index contributed by atoms with van der Waals surface area (Å²) in [5.41, 5.74) is 21.5. The number of rotatable bonds is 15. The van der Waals surface area contributed by atoms with Crippen LogP contribution in [-0.2, 0) is 28.8 Å². The molecule has 4 atom stereocenters. The number of likely N-dealkylation sites (tertiary alicyclic amines) is 1. The molecule has 0 aromatic heterocycles. The van der Waals surface area contributed by atoms with Crippen LogP contribution in [-0.4, -0.2) is 82.8 Å². The topological polar surface area (TPSA) is 254 Å². The van der Waals surface area contributed by atoms with Gasteiger partial charge in [0.15, 0.2) is 0 Å². The van der Waals surface area contributed by atoms with Crippen molar-refractivity contribution in [3.63, 3.8) is 0 Å². The molecule has 0 saturated carbocycles. The predicted octanol–water partition coefficient (Wildman–Crippen LogP) is -3.37. The Bertz CT molecular complexity index is 776. The van der Waals surface area contributed by atoms with Crippen molar-refractivity contribution in [2.45, 2.75) is 75.5 Å². The normalized spacial score (nSPS) is 17.9. The van der Waals surface area contributed by atoms with Crippen LogP contribution >= 0.6 is 0 Å². The van der Waals surface area contributed by atoms with Crippen LogP contribution in [0.5, 0.6) is 0 Å². The largest absolute Gasteiger partial charge is 0.480 e. The second-order valence-electron chi connectivity index (χ2n) is 8.22. The van der Waals surface area contributed by atoms with E-state index >= 15 is 0 Å². The number of unbranched alkanes of at least 4 members (excludes halogenated alkanes) is 1. The molecule has 192 valence electrons. The van der Waals surface area contributed by atoms with Crippen molar-refractivity contribution in [1.82, 2.24) is 15.5 Å². The van der Waals surface area contributed by atoms with Crippen LogP contribution in [0.3, 0.4) is 0 Å². The van der Waals surface area contributed by atoms with E-state index in [-0.39, 0.29) is 25.8 Å². The molecule has 5 amide bonds. The van der Waals surface area contributed by atoms with Crippen LogP contribution in [0.1, 0.15) is 51.4 Å². The molecule has 11 N–H and O–H groups in total. The van der Waals surface area contributed by atoms with Crippen LogP contribution in [0, 0.1) is 0 Å². The number of primary amides is 2. The van der Waals surface area contributed by atoms with Crippen molar-refractivity contribution < 1.29 is 33.9 Å². The summed E-state index contributed by atoms with van der Waals surface area (Å²) in [6, 6.07) is -4.55. The van der Waals surface area contributed by atoms with Gasteiger partial charge in [0.25, 0.3) is 0 Å². The summed E-state index contributed by atoms with van der Waals surface area (Å²) in [5.74, 6) is -4.85.